The minimum Gasteiger partial charge on any atom is -0.399 e. The van der Waals surface area contributed by atoms with Gasteiger partial charge in [0.1, 0.15) is 5.82 Å². The Morgan fingerprint density at radius 3 is 2.79 bits per heavy atom. The third-order valence-corrected chi connectivity index (χ3v) is 3.47. The predicted molar refractivity (Wildman–Crippen MR) is 73.4 cm³/mol. The first-order chi connectivity index (χ1) is 8.97. The number of halogens is 1. The Kier molecular flexibility index (Phi) is 4.04. The molecule has 4 nitrogen and oxygen atoms in total. The third-order valence-electron chi connectivity index (χ3n) is 3.47. The topological polar surface area (TPSA) is 49.6 Å². The molecule has 104 valence electrons. The summed E-state index contributed by atoms with van der Waals surface area (Å²) >= 11 is 0. The van der Waals surface area contributed by atoms with Crippen LogP contribution in [-0.4, -0.2) is 48.4 Å². The van der Waals surface area contributed by atoms with Crippen molar-refractivity contribution in [3.63, 3.8) is 0 Å². The van der Waals surface area contributed by atoms with Gasteiger partial charge in [-0.1, -0.05) is 0 Å². The molecule has 0 radical (unpaired) electrons. The first kappa shape index (κ1) is 13.8. The summed E-state index contributed by atoms with van der Waals surface area (Å²) in [5.74, 6) is -0.614. The van der Waals surface area contributed by atoms with Gasteiger partial charge in [-0.2, -0.15) is 0 Å². The van der Waals surface area contributed by atoms with Crippen LogP contribution in [0.25, 0.3) is 0 Å². The molecule has 0 aromatic heterocycles. The van der Waals surface area contributed by atoms with Gasteiger partial charge < -0.3 is 15.5 Å². The molecule has 1 atom stereocenters. The molecule has 1 unspecified atom stereocenters. The van der Waals surface area contributed by atoms with E-state index in [1.54, 1.807) is 4.90 Å². The van der Waals surface area contributed by atoms with Crippen molar-refractivity contribution >= 4 is 11.6 Å². The van der Waals surface area contributed by atoms with Gasteiger partial charge >= 0.3 is 0 Å². The summed E-state index contributed by atoms with van der Waals surface area (Å²) < 4.78 is 13.3. The second-order valence-electron chi connectivity index (χ2n) is 5.24. The lowest BCUT2D eigenvalue weighted by Crippen LogP contribution is -2.42. The van der Waals surface area contributed by atoms with Gasteiger partial charge in [0.25, 0.3) is 5.91 Å². The zero-order valence-electron chi connectivity index (χ0n) is 11.4. The summed E-state index contributed by atoms with van der Waals surface area (Å²) in [4.78, 5) is 16.5. The first-order valence-electron chi connectivity index (χ1n) is 6.53. The smallest absolute Gasteiger partial charge is 0.254 e. The Bertz CT molecular complexity index is 458. The van der Waals surface area contributed by atoms with Crippen LogP contribution in [0.15, 0.2) is 18.2 Å². The SMILES string of the molecule is CC1CN(C)CCCN1C(=O)c1cc(N)cc(F)c1. The highest BCUT2D eigenvalue weighted by Crippen LogP contribution is 2.17. The number of hydrogen-bond acceptors (Lipinski definition) is 3. The van der Waals surface area contributed by atoms with E-state index in [1.165, 1.54) is 18.2 Å². The van der Waals surface area contributed by atoms with Crippen LogP contribution >= 0.6 is 0 Å². The molecule has 1 saturated heterocycles. The Morgan fingerprint density at radius 2 is 2.11 bits per heavy atom. The zero-order chi connectivity index (χ0) is 14.0. The second-order valence-corrected chi connectivity index (χ2v) is 5.24. The highest BCUT2D eigenvalue weighted by atomic mass is 19.1. The van der Waals surface area contributed by atoms with Gasteiger partial charge in [-0.15, -0.1) is 0 Å². The number of carbonyl (C=O) groups excluding carboxylic acids is 1. The summed E-state index contributed by atoms with van der Waals surface area (Å²) in [6.07, 6.45) is 0.928. The highest BCUT2D eigenvalue weighted by Gasteiger charge is 2.25. The van der Waals surface area contributed by atoms with Crippen LogP contribution in [0.4, 0.5) is 10.1 Å². The standard InChI is InChI=1S/C14H20FN3O/c1-10-9-17(2)4-3-5-18(10)14(19)11-6-12(15)8-13(16)7-11/h6-8,10H,3-5,9,16H2,1-2H3. The van der Waals surface area contributed by atoms with E-state index in [2.05, 4.69) is 4.90 Å². The number of nitrogen functional groups attached to an aromatic ring is 1. The van der Waals surface area contributed by atoms with Gasteiger partial charge in [0.2, 0.25) is 0 Å². The van der Waals surface area contributed by atoms with Crippen LogP contribution in [0.2, 0.25) is 0 Å². The number of hydrogen-bond donors (Lipinski definition) is 1. The largest absolute Gasteiger partial charge is 0.399 e. The molecular weight excluding hydrogens is 245 g/mol. The monoisotopic (exact) mass is 265 g/mol. The maximum absolute atomic E-state index is 13.3. The van der Waals surface area contributed by atoms with Crippen LogP contribution in [0.5, 0.6) is 0 Å². The predicted octanol–water partition coefficient (Wildman–Crippen LogP) is 1.57. The molecule has 2 N–H and O–H groups in total. The molecule has 1 amide bonds. The van der Waals surface area contributed by atoms with Crippen LogP contribution in [-0.2, 0) is 0 Å². The molecule has 1 heterocycles. The molecule has 0 aliphatic carbocycles. The van der Waals surface area contributed by atoms with Crippen LogP contribution in [0.3, 0.4) is 0 Å². The lowest BCUT2D eigenvalue weighted by atomic mass is 10.1. The Hall–Kier alpha value is -1.62. The van der Waals surface area contributed by atoms with E-state index in [1.807, 2.05) is 14.0 Å². The molecule has 0 saturated carbocycles. The van der Waals surface area contributed by atoms with Gasteiger partial charge in [0.05, 0.1) is 0 Å². The van der Waals surface area contributed by atoms with Crippen molar-refractivity contribution in [1.82, 2.24) is 9.80 Å². The summed E-state index contributed by atoms with van der Waals surface area (Å²) in [5, 5.41) is 0. The third kappa shape index (κ3) is 3.23. The minimum atomic E-state index is -0.469. The van der Waals surface area contributed by atoms with E-state index >= 15 is 0 Å². The van der Waals surface area contributed by atoms with Gasteiger partial charge in [-0.3, -0.25) is 4.79 Å². The lowest BCUT2D eigenvalue weighted by Gasteiger charge is -2.28. The van der Waals surface area contributed by atoms with Crippen molar-refractivity contribution < 1.29 is 9.18 Å². The van der Waals surface area contributed by atoms with Gasteiger partial charge in [0, 0.05) is 30.4 Å². The number of likely N-dealkylation sites (N-methyl/N-ethyl adjacent to an activating group) is 1. The zero-order valence-corrected chi connectivity index (χ0v) is 11.4. The van der Waals surface area contributed by atoms with Crippen molar-refractivity contribution in [2.75, 3.05) is 32.4 Å². The van der Waals surface area contributed by atoms with Crippen molar-refractivity contribution in [1.29, 1.82) is 0 Å². The number of nitrogens with zero attached hydrogens (tertiary/aromatic N) is 2. The quantitative estimate of drug-likeness (QED) is 0.784. The number of benzene rings is 1. The van der Waals surface area contributed by atoms with E-state index < -0.39 is 5.82 Å². The van der Waals surface area contributed by atoms with Crippen LogP contribution in [0, 0.1) is 5.82 Å². The van der Waals surface area contributed by atoms with Gasteiger partial charge in [0.15, 0.2) is 0 Å². The van der Waals surface area contributed by atoms with Crippen molar-refractivity contribution in [2.24, 2.45) is 0 Å². The van der Waals surface area contributed by atoms with Crippen molar-refractivity contribution in [2.45, 2.75) is 19.4 Å². The van der Waals surface area contributed by atoms with E-state index in [0.717, 1.165) is 19.5 Å². The maximum Gasteiger partial charge on any atom is 0.254 e. The Labute approximate surface area is 113 Å². The first-order valence-corrected chi connectivity index (χ1v) is 6.53. The minimum absolute atomic E-state index is 0.115. The van der Waals surface area contributed by atoms with E-state index in [9.17, 15) is 9.18 Å². The average Bonchev–Trinajstić information content (AvgIpc) is 2.48. The van der Waals surface area contributed by atoms with Crippen molar-refractivity contribution in [3.8, 4) is 0 Å². The number of rotatable bonds is 1. The number of carbonyl (C=O) groups is 1. The summed E-state index contributed by atoms with van der Waals surface area (Å²) in [6.45, 7) is 4.51. The molecule has 1 aromatic rings. The van der Waals surface area contributed by atoms with E-state index in [0.29, 0.717) is 12.1 Å². The maximum atomic E-state index is 13.3. The van der Waals surface area contributed by atoms with Gasteiger partial charge in [-0.05, 0) is 45.1 Å². The molecule has 5 heteroatoms. The van der Waals surface area contributed by atoms with Crippen molar-refractivity contribution in [3.05, 3.63) is 29.6 Å². The average molecular weight is 265 g/mol. The second kappa shape index (κ2) is 5.57. The molecule has 19 heavy (non-hydrogen) atoms. The fourth-order valence-corrected chi connectivity index (χ4v) is 2.58. The Morgan fingerprint density at radius 1 is 1.37 bits per heavy atom. The molecule has 1 aromatic carbocycles. The lowest BCUT2D eigenvalue weighted by molar-refractivity contribution is 0.0696. The fraction of sp³-hybridized carbons (Fsp3) is 0.500. The molecular formula is C14H20FN3O. The fourth-order valence-electron chi connectivity index (χ4n) is 2.58. The molecule has 1 aliphatic rings. The van der Waals surface area contributed by atoms with Crippen LogP contribution in [0.1, 0.15) is 23.7 Å². The molecule has 2 rings (SSSR count). The molecule has 0 bridgehead atoms. The number of amides is 1. The van der Waals surface area contributed by atoms with E-state index in [4.69, 9.17) is 5.73 Å². The summed E-state index contributed by atoms with van der Waals surface area (Å²) in [7, 11) is 2.05. The molecule has 1 aliphatic heterocycles. The van der Waals surface area contributed by atoms with Crippen LogP contribution < -0.4 is 5.73 Å². The Balaban J connectivity index is 2.22. The normalized spacial score (nSPS) is 21.2. The highest BCUT2D eigenvalue weighted by molar-refractivity contribution is 5.95. The molecule has 0 spiro atoms. The number of anilines is 1. The molecule has 1 fully saturated rings. The van der Waals surface area contributed by atoms with Gasteiger partial charge in [-0.25, -0.2) is 4.39 Å². The van der Waals surface area contributed by atoms with E-state index in [-0.39, 0.29) is 17.6 Å². The summed E-state index contributed by atoms with van der Waals surface area (Å²) in [6, 6.07) is 4.12. The summed E-state index contributed by atoms with van der Waals surface area (Å²) in [5.41, 5.74) is 6.20. The number of nitrogens with two attached hydrogens (primary N) is 1.